The van der Waals surface area contributed by atoms with Gasteiger partial charge in [-0.25, -0.2) is 0 Å². The molecule has 0 radical (unpaired) electrons. The first kappa shape index (κ1) is 33.2. The Labute approximate surface area is 210 Å². The molecule has 14 heteroatoms. The van der Waals surface area contributed by atoms with Gasteiger partial charge in [0.25, 0.3) is 0 Å². The Morgan fingerprint density at radius 2 is 1.00 bits per heavy atom. The molecule has 0 heterocycles. The Morgan fingerprint density at radius 3 is 1.36 bits per heavy atom. The van der Waals surface area contributed by atoms with E-state index >= 15 is 0 Å². The van der Waals surface area contributed by atoms with E-state index in [4.69, 9.17) is 14.9 Å². The number of hydrogen-bond donors (Lipinski definition) is 5. The van der Waals surface area contributed by atoms with Gasteiger partial charge in [0, 0.05) is 31.6 Å². The van der Waals surface area contributed by atoms with Gasteiger partial charge in [-0.1, -0.05) is 27.7 Å². The van der Waals surface area contributed by atoms with Crippen molar-refractivity contribution in [3.8, 4) is 0 Å². The average Bonchev–Trinajstić information content (AvgIpc) is 2.71. The first-order valence-electron chi connectivity index (χ1n) is 11.4. The second-order valence-electron chi connectivity index (χ2n) is 9.61. The largest absolute Gasteiger partial charge is 0.480 e. The van der Waals surface area contributed by atoms with Gasteiger partial charge in [-0.15, -0.1) is 0 Å². The van der Waals surface area contributed by atoms with Crippen molar-refractivity contribution < 1.29 is 54.2 Å². The minimum absolute atomic E-state index is 0.000498. The molecule has 0 rings (SSSR count). The summed E-state index contributed by atoms with van der Waals surface area (Å²) in [5, 5.41) is 46.5. The van der Waals surface area contributed by atoms with Crippen LogP contribution >= 0.6 is 0 Å². The monoisotopic (exact) mass is 521 g/mol. The zero-order valence-electron chi connectivity index (χ0n) is 21.3. The minimum atomic E-state index is -1.24. The first-order valence-corrected chi connectivity index (χ1v) is 11.4. The summed E-state index contributed by atoms with van der Waals surface area (Å²) in [4.78, 5) is 60.6. The topological polar surface area (TPSA) is 205 Å². The number of nitrogens with zero attached hydrogens (tertiary/aromatic N) is 3. The van der Waals surface area contributed by atoms with Crippen LogP contribution in [0.3, 0.4) is 0 Å². The molecule has 0 saturated carbocycles. The van der Waals surface area contributed by atoms with Gasteiger partial charge in [-0.05, 0) is 5.92 Å². The van der Waals surface area contributed by atoms with Gasteiger partial charge < -0.3 is 30.3 Å². The van der Waals surface area contributed by atoms with Crippen LogP contribution in [0.5, 0.6) is 0 Å². The molecule has 0 bridgehead atoms. The van der Waals surface area contributed by atoms with Crippen molar-refractivity contribution in [3.63, 3.8) is 0 Å². The average molecular weight is 522 g/mol. The molecular weight excluding hydrogens is 482 g/mol. The van der Waals surface area contributed by atoms with E-state index in [1.165, 1.54) is 9.80 Å². The van der Waals surface area contributed by atoms with Crippen LogP contribution in [-0.2, 0) is 28.7 Å². The standard InChI is InChI=1S/C22H39N3O11/c1-15(2)21(35)22(3,4)14-36-20(34)13-25(12-19(32)33)8-6-23(9-16(26)27)5-7-24(10-17(28)29)11-18(30)31/h15,21,35H,5-14H2,1-4H3,(H,26,27)(H,28,29)(H,30,31)(H,32,33). The maximum Gasteiger partial charge on any atom is 0.320 e. The van der Waals surface area contributed by atoms with Gasteiger partial charge in [0.1, 0.15) is 0 Å². The summed E-state index contributed by atoms with van der Waals surface area (Å²) >= 11 is 0. The number of aliphatic hydroxyl groups excluding tert-OH is 1. The van der Waals surface area contributed by atoms with Crippen LogP contribution in [0.4, 0.5) is 0 Å². The number of rotatable bonds is 20. The Hall–Kier alpha value is -2.81. The molecule has 0 aliphatic rings. The van der Waals surface area contributed by atoms with Crippen LogP contribution in [-0.4, -0.2) is 142 Å². The molecule has 1 unspecified atom stereocenters. The van der Waals surface area contributed by atoms with Gasteiger partial charge in [-0.3, -0.25) is 38.7 Å². The van der Waals surface area contributed by atoms with Crippen LogP contribution in [0.25, 0.3) is 0 Å². The number of carboxylic acids is 4. The van der Waals surface area contributed by atoms with Crippen LogP contribution in [0.2, 0.25) is 0 Å². The quantitative estimate of drug-likeness (QED) is 0.120. The van der Waals surface area contributed by atoms with E-state index in [2.05, 4.69) is 0 Å². The smallest absolute Gasteiger partial charge is 0.320 e. The fourth-order valence-electron chi connectivity index (χ4n) is 3.51. The van der Waals surface area contributed by atoms with Gasteiger partial charge in [0.2, 0.25) is 0 Å². The molecule has 0 amide bonds. The Morgan fingerprint density at radius 1 is 0.667 bits per heavy atom. The molecule has 0 aromatic carbocycles. The Kier molecular flexibility index (Phi) is 14.8. The first-order chi connectivity index (χ1) is 16.5. The predicted octanol–water partition coefficient (Wildman–Crippen LogP) is -1.18. The summed E-state index contributed by atoms with van der Waals surface area (Å²) in [6.45, 7) is 4.52. The van der Waals surface area contributed by atoms with E-state index < -0.39 is 67.5 Å². The van der Waals surface area contributed by atoms with Crippen LogP contribution in [0.15, 0.2) is 0 Å². The Bertz CT molecular complexity index is 742. The van der Waals surface area contributed by atoms with Crippen LogP contribution in [0, 0.1) is 11.3 Å². The van der Waals surface area contributed by atoms with E-state index in [1.807, 2.05) is 13.8 Å². The summed E-state index contributed by atoms with van der Waals surface area (Å²) in [6.07, 6.45) is -0.730. The minimum Gasteiger partial charge on any atom is -0.480 e. The molecular formula is C22H39N3O11. The third-order valence-electron chi connectivity index (χ3n) is 5.29. The molecule has 0 aliphatic heterocycles. The summed E-state index contributed by atoms with van der Waals surface area (Å²) in [5.74, 6) is -5.65. The van der Waals surface area contributed by atoms with Gasteiger partial charge in [-0.2, -0.15) is 0 Å². The normalized spacial score (nSPS) is 12.8. The molecule has 0 saturated heterocycles. The molecule has 14 nitrogen and oxygen atoms in total. The summed E-state index contributed by atoms with van der Waals surface area (Å²) in [5.41, 5.74) is -0.725. The number of ether oxygens (including phenoxy) is 1. The molecule has 0 aromatic heterocycles. The van der Waals surface area contributed by atoms with E-state index in [0.717, 1.165) is 4.90 Å². The van der Waals surface area contributed by atoms with Crippen molar-refractivity contribution in [1.29, 1.82) is 0 Å². The highest BCUT2D eigenvalue weighted by Gasteiger charge is 2.32. The maximum atomic E-state index is 12.4. The second kappa shape index (κ2) is 16.0. The van der Waals surface area contributed by atoms with Gasteiger partial charge in [0.05, 0.1) is 45.4 Å². The van der Waals surface area contributed by atoms with E-state index in [-0.39, 0.29) is 45.2 Å². The lowest BCUT2D eigenvalue weighted by atomic mass is 9.81. The molecule has 0 aliphatic carbocycles. The number of esters is 1. The molecule has 0 fully saturated rings. The number of aliphatic carboxylic acids is 4. The van der Waals surface area contributed by atoms with E-state index in [9.17, 15) is 39.3 Å². The van der Waals surface area contributed by atoms with Gasteiger partial charge >= 0.3 is 29.8 Å². The highest BCUT2D eigenvalue weighted by atomic mass is 16.5. The summed E-state index contributed by atoms with van der Waals surface area (Å²) < 4.78 is 5.26. The SMILES string of the molecule is CC(C)C(O)C(C)(C)COC(=O)CN(CCN(CCN(CC(=O)O)CC(=O)O)CC(=O)O)CC(=O)O. The lowest BCUT2D eigenvalue weighted by molar-refractivity contribution is -0.152. The van der Waals surface area contributed by atoms with Crippen LogP contribution in [0.1, 0.15) is 27.7 Å². The number of hydrogen-bond acceptors (Lipinski definition) is 10. The number of aliphatic hydroxyl groups is 1. The molecule has 1 atom stereocenters. The number of carbonyl (C=O) groups is 5. The molecule has 36 heavy (non-hydrogen) atoms. The van der Waals surface area contributed by atoms with Crippen molar-refractivity contribution >= 4 is 29.8 Å². The highest BCUT2D eigenvalue weighted by molar-refractivity contribution is 5.74. The van der Waals surface area contributed by atoms with Crippen molar-refractivity contribution in [1.82, 2.24) is 14.7 Å². The fourth-order valence-corrected chi connectivity index (χ4v) is 3.51. The zero-order chi connectivity index (χ0) is 28.1. The van der Waals surface area contributed by atoms with Crippen molar-refractivity contribution in [2.75, 3.05) is 65.5 Å². The lowest BCUT2D eigenvalue weighted by Crippen LogP contribution is -2.46. The van der Waals surface area contributed by atoms with E-state index in [1.54, 1.807) is 13.8 Å². The lowest BCUT2D eigenvalue weighted by Gasteiger charge is -2.33. The van der Waals surface area contributed by atoms with E-state index in [0.29, 0.717) is 0 Å². The molecule has 208 valence electrons. The van der Waals surface area contributed by atoms with Gasteiger partial charge in [0.15, 0.2) is 0 Å². The maximum absolute atomic E-state index is 12.4. The molecule has 5 N–H and O–H groups in total. The fraction of sp³-hybridized carbons (Fsp3) is 0.773. The third kappa shape index (κ3) is 15.2. The van der Waals surface area contributed by atoms with Crippen molar-refractivity contribution in [3.05, 3.63) is 0 Å². The number of carbonyl (C=O) groups excluding carboxylic acids is 1. The van der Waals surface area contributed by atoms with Crippen molar-refractivity contribution in [2.45, 2.75) is 33.8 Å². The van der Waals surface area contributed by atoms with Crippen molar-refractivity contribution in [2.24, 2.45) is 11.3 Å². The molecule has 0 spiro atoms. The third-order valence-corrected chi connectivity index (χ3v) is 5.29. The second-order valence-corrected chi connectivity index (χ2v) is 9.61. The number of carboxylic acid groups (broad SMARTS) is 4. The predicted molar refractivity (Wildman–Crippen MR) is 125 cm³/mol. The molecule has 0 aromatic rings. The Balaban J connectivity index is 5.12. The van der Waals surface area contributed by atoms with Crippen LogP contribution < -0.4 is 0 Å². The zero-order valence-corrected chi connectivity index (χ0v) is 21.3. The highest BCUT2D eigenvalue weighted by Crippen LogP contribution is 2.26. The summed E-state index contributed by atoms with van der Waals surface area (Å²) in [7, 11) is 0. The summed E-state index contributed by atoms with van der Waals surface area (Å²) in [6, 6.07) is 0.